The van der Waals surface area contributed by atoms with Gasteiger partial charge in [0.25, 0.3) is 5.91 Å². The van der Waals surface area contributed by atoms with E-state index in [9.17, 15) is 4.79 Å². The number of aryl methyl sites for hydroxylation is 1. The first kappa shape index (κ1) is 27.7. The number of nitrogens with zero attached hydrogens (tertiary/aromatic N) is 2. The largest absolute Gasteiger partial charge is 0.490 e. The van der Waals surface area contributed by atoms with Crippen molar-refractivity contribution in [3.8, 4) is 28.4 Å². The summed E-state index contributed by atoms with van der Waals surface area (Å²) in [6, 6.07) is 34.9. The highest BCUT2D eigenvalue weighted by molar-refractivity contribution is 6.30. The van der Waals surface area contributed by atoms with E-state index in [1.807, 2.05) is 79.7 Å². The van der Waals surface area contributed by atoms with E-state index in [0.29, 0.717) is 35.3 Å². The normalized spacial score (nSPS) is 11.0. The van der Waals surface area contributed by atoms with Crippen molar-refractivity contribution in [2.75, 3.05) is 6.61 Å². The summed E-state index contributed by atoms with van der Waals surface area (Å²) in [6.45, 7) is 4.85. The van der Waals surface area contributed by atoms with Gasteiger partial charge in [-0.2, -0.15) is 5.10 Å². The molecule has 0 atom stereocenters. The summed E-state index contributed by atoms with van der Waals surface area (Å²) in [5.41, 5.74) is 9.20. The van der Waals surface area contributed by atoms with Gasteiger partial charge in [0.2, 0.25) is 0 Å². The van der Waals surface area contributed by atoms with Gasteiger partial charge in [0.1, 0.15) is 6.61 Å². The number of hydrogen-bond acceptors (Lipinski definition) is 4. The second-order valence-corrected chi connectivity index (χ2v) is 9.80. The van der Waals surface area contributed by atoms with Gasteiger partial charge < -0.3 is 14.0 Å². The van der Waals surface area contributed by atoms with Crippen LogP contribution in [-0.4, -0.2) is 23.3 Å². The molecular formula is C34H30ClN3O3. The Morgan fingerprint density at radius 1 is 0.878 bits per heavy atom. The Labute approximate surface area is 244 Å². The summed E-state index contributed by atoms with van der Waals surface area (Å²) in [5, 5.41) is 4.83. The Hall–Kier alpha value is -4.81. The lowest BCUT2D eigenvalue weighted by molar-refractivity contribution is 0.0955. The van der Waals surface area contributed by atoms with E-state index < -0.39 is 0 Å². The summed E-state index contributed by atoms with van der Waals surface area (Å²) in [4.78, 5) is 12.8. The van der Waals surface area contributed by atoms with Crippen molar-refractivity contribution in [1.29, 1.82) is 0 Å². The van der Waals surface area contributed by atoms with Crippen LogP contribution in [0.1, 0.15) is 34.1 Å². The Bertz CT molecular complexity index is 1640. The van der Waals surface area contributed by atoms with Gasteiger partial charge in [-0.15, -0.1) is 0 Å². The summed E-state index contributed by atoms with van der Waals surface area (Å²) >= 11 is 5.96. The van der Waals surface area contributed by atoms with Crippen LogP contribution in [0, 0.1) is 6.92 Å². The molecule has 0 bridgehead atoms. The van der Waals surface area contributed by atoms with Crippen molar-refractivity contribution in [3.05, 3.63) is 137 Å². The predicted octanol–water partition coefficient (Wildman–Crippen LogP) is 7.85. The molecule has 0 spiro atoms. The summed E-state index contributed by atoms with van der Waals surface area (Å²) in [5.74, 6) is 0.923. The Morgan fingerprint density at radius 2 is 1.63 bits per heavy atom. The van der Waals surface area contributed by atoms with E-state index in [1.165, 1.54) is 0 Å². The average Bonchev–Trinajstić information content (AvgIpc) is 3.39. The molecule has 5 rings (SSSR count). The van der Waals surface area contributed by atoms with Crippen molar-refractivity contribution >= 4 is 23.7 Å². The van der Waals surface area contributed by atoms with E-state index >= 15 is 0 Å². The third kappa shape index (κ3) is 6.86. The maximum Gasteiger partial charge on any atom is 0.271 e. The molecule has 1 amide bonds. The Kier molecular flexibility index (Phi) is 8.82. The molecule has 4 aromatic carbocycles. The summed E-state index contributed by atoms with van der Waals surface area (Å²) in [7, 11) is 0. The number of hydrogen-bond donors (Lipinski definition) is 1. The molecule has 0 aliphatic heterocycles. The van der Waals surface area contributed by atoms with Gasteiger partial charge in [-0.1, -0.05) is 54.1 Å². The average molecular weight is 564 g/mol. The Balaban J connectivity index is 1.23. The van der Waals surface area contributed by atoms with Gasteiger partial charge in [-0.3, -0.25) is 4.79 Å². The van der Waals surface area contributed by atoms with Crippen LogP contribution in [-0.2, 0) is 6.61 Å². The number of carbonyl (C=O) groups is 1. The molecule has 6 nitrogen and oxygen atoms in total. The molecule has 0 saturated carbocycles. The van der Waals surface area contributed by atoms with Crippen molar-refractivity contribution in [2.45, 2.75) is 20.5 Å². The van der Waals surface area contributed by atoms with Crippen LogP contribution in [0.5, 0.6) is 11.5 Å². The van der Waals surface area contributed by atoms with E-state index in [1.54, 1.807) is 18.3 Å². The van der Waals surface area contributed by atoms with Crippen LogP contribution in [0.15, 0.2) is 114 Å². The lowest BCUT2D eigenvalue weighted by Crippen LogP contribution is -2.17. The van der Waals surface area contributed by atoms with E-state index in [2.05, 4.69) is 46.3 Å². The predicted molar refractivity (Wildman–Crippen MR) is 164 cm³/mol. The van der Waals surface area contributed by atoms with Crippen molar-refractivity contribution in [3.63, 3.8) is 0 Å². The zero-order chi connectivity index (χ0) is 28.6. The molecule has 7 heteroatoms. The second kappa shape index (κ2) is 13.0. The molecule has 5 aromatic rings. The SMILES string of the molecule is CCOc1cc(/C=N/NC(=O)c2ccc(-n3c(C)ccc3-c3ccccc3)cc2)ccc1OCc1ccc(Cl)cc1. The molecule has 206 valence electrons. The number of amides is 1. The van der Waals surface area contributed by atoms with Gasteiger partial charge in [-0.05, 0) is 97.3 Å². The second-order valence-electron chi connectivity index (χ2n) is 9.36. The minimum atomic E-state index is -0.298. The summed E-state index contributed by atoms with van der Waals surface area (Å²) < 4.78 is 13.9. The number of aromatic nitrogens is 1. The molecule has 1 aromatic heterocycles. The maximum atomic E-state index is 12.8. The molecule has 0 aliphatic carbocycles. The topological polar surface area (TPSA) is 64.8 Å². The minimum absolute atomic E-state index is 0.298. The van der Waals surface area contributed by atoms with Gasteiger partial charge in [-0.25, -0.2) is 5.43 Å². The lowest BCUT2D eigenvalue weighted by atomic mass is 10.1. The van der Waals surface area contributed by atoms with E-state index in [0.717, 1.165) is 33.8 Å². The van der Waals surface area contributed by atoms with Crippen LogP contribution < -0.4 is 14.9 Å². The van der Waals surface area contributed by atoms with Crippen LogP contribution in [0.3, 0.4) is 0 Å². The first-order valence-electron chi connectivity index (χ1n) is 13.3. The number of benzene rings is 4. The first-order valence-corrected chi connectivity index (χ1v) is 13.7. The fourth-order valence-corrected chi connectivity index (χ4v) is 4.57. The third-order valence-corrected chi connectivity index (χ3v) is 6.74. The van der Waals surface area contributed by atoms with Crippen LogP contribution in [0.2, 0.25) is 5.02 Å². The van der Waals surface area contributed by atoms with Crippen molar-refractivity contribution in [1.82, 2.24) is 9.99 Å². The third-order valence-electron chi connectivity index (χ3n) is 6.49. The van der Waals surface area contributed by atoms with Crippen molar-refractivity contribution in [2.24, 2.45) is 5.10 Å². The standard InChI is InChI=1S/C34H30ClN3O3/c1-3-40-33-21-26(12-20-32(33)41-23-25-10-15-29(35)16-11-25)22-36-37-34(39)28-13-17-30(18-14-28)38-24(2)9-19-31(38)27-7-5-4-6-8-27/h4-22H,3,23H2,1-2H3,(H,37,39)/b36-22+. The molecule has 0 aliphatic rings. The quantitative estimate of drug-likeness (QED) is 0.139. The van der Waals surface area contributed by atoms with Gasteiger partial charge >= 0.3 is 0 Å². The van der Waals surface area contributed by atoms with Crippen LogP contribution >= 0.6 is 11.6 Å². The van der Waals surface area contributed by atoms with Crippen LogP contribution in [0.25, 0.3) is 16.9 Å². The molecule has 41 heavy (non-hydrogen) atoms. The van der Waals surface area contributed by atoms with Gasteiger partial charge in [0, 0.05) is 22.0 Å². The zero-order valence-electron chi connectivity index (χ0n) is 22.9. The maximum absolute atomic E-state index is 12.8. The van der Waals surface area contributed by atoms with E-state index in [-0.39, 0.29) is 5.91 Å². The number of halogens is 1. The van der Waals surface area contributed by atoms with Crippen molar-refractivity contribution < 1.29 is 14.3 Å². The highest BCUT2D eigenvalue weighted by Crippen LogP contribution is 2.29. The first-order chi connectivity index (χ1) is 20.0. The smallest absolute Gasteiger partial charge is 0.271 e. The molecule has 0 saturated heterocycles. The molecule has 1 N–H and O–H groups in total. The Morgan fingerprint density at radius 3 is 2.37 bits per heavy atom. The fourth-order valence-electron chi connectivity index (χ4n) is 4.44. The van der Waals surface area contributed by atoms with E-state index in [4.69, 9.17) is 21.1 Å². The number of carbonyl (C=O) groups excluding carboxylic acids is 1. The molecule has 1 heterocycles. The monoisotopic (exact) mass is 563 g/mol. The molecule has 0 unspecified atom stereocenters. The minimum Gasteiger partial charge on any atom is -0.490 e. The number of nitrogens with one attached hydrogen (secondary N) is 1. The highest BCUT2D eigenvalue weighted by atomic mass is 35.5. The number of ether oxygens (including phenoxy) is 2. The summed E-state index contributed by atoms with van der Waals surface area (Å²) in [6.07, 6.45) is 1.58. The van der Waals surface area contributed by atoms with Gasteiger partial charge in [0.15, 0.2) is 11.5 Å². The molecular weight excluding hydrogens is 534 g/mol. The number of hydrazone groups is 1. The van der Waals surface area contributed by atoms with Gasteiger partial charge in [0.05, 0.1) is 18.5 Å². The fraction of sp³-hybridized carbons (Fsp3) is 0.118. The molecule has 0 radical (unpaired) electrons. The highest BCUT2D eigenvalue weighted by Gasteiger charge is 2.11. The van der Waals surface area contributed by atoms with Crippen LogP contribution in [0.4, 0.5) is 0 Å². The number of rotatable bonds is 10. The zero-order valence-corrected chi connectivity index (χ0v) is 23.6. The molecule has 0 fully saturated rings. The lowest BCUT2D eigenvalue weighted by Gasteiger charge is -2.13.